The van der Waals surface area contributed by atoms with Crippen molar-refractivity contribution in [1.29, 1.82) is 0 Å². The highest BCUT2D eigenvalue weighted by molar-refractivity contribution is 5.31. The minimum atomic E-state index is -0.573. The van der Waals surface area contributed by atoms with Crippen LogP contribution in [0.2, 0.25) is 0 Å². The first-order valence-corrected chi connectivity index (χ1v) is 6.50. The molecule has 0 saturated carbocycles. The lowest BCUT2D eigenvalue weighted by atomic mass is 10.1. The number of benzene rings is 1. The van der Waals surface area contributed by atoms with Gasteiger partial charge in [-0.15, -0.1) is 0 Å². The Morgan fingerprint density at radius 3 is 2.65 bits per heavy atom. The molecular weight excluding hydrogens is 250 g/mol. The molecule has 4 nitrogen and oxygen atoms in total. The van der Waals surface area contributed by atoms with Crippen LogP contribution in [0.1, 0.15) is 17.2 Å². The zero-order chi connectivity index (χ0) is 13.8. The number of aliphatic hydroxyl groups excluding tert-OH is 1. The van der Waals surface area contributed by atoms with Crippen LogP contribution >= 0.6 is 0 Å². The SMILES string of the molecule is OC(Cc1cccnc1)c1cnn(-c2ccccc2)c1. The number of hydrogen-bond acceptors (Lipinski definition) is 3. The van der Waals surface area contributed by atoms with Crippen LogP contribution in [0.15, 0.2) is 67.3 Å². The third-order valence-corrected chi connectivity index (χ3v) is 3.16. The molecule has 0 radical (unpaired) electrons. The number of nitrogens with zero attached hydrogens (tertiary/aromatic N) is 3. The molecule has 0 aliphatic carbocycles. The summed E-state index contributed by atoms with van der Waals surface area (Å²) < 4.78 is 1.77. The van der Waals surface area contributed by atoms with Gasteiger partial charge in [-0.05, 0) is 23.8 Å². The van der Waals surface area contributed by atoms with Gasteiger partial charge in [0.1, 0.15) is 0 Å². The molecule has 20 heavy (non-hydrogen) atoms. The number of para-hydroxylation sites is 1. The quantitative estimate of drug-likeness (QED) is 0.788. The fraction of sp³-hybridized carbons (Fsp3) is 0.125. The van der Waals surface area contributed by atoms with E-state index in [-0.39, 0.29) is 0 Å². The maximum absolute atomic E-state index is 10.3. The molecule has 3 aromatic rings. The Hall–Kier alpha value is -2.46. The zero-order valence-corrected chi connectivity index (χ0v) is 10.9. The lowest BCUT2D eigenvalue weighted by Crippen LogP contribution is -2.01. The van der Waals surface area contributed by atoms with Crippen LogP contribution in [0, 0.1) is 0 Å². The minimum Gasteiger partial charge on any atom is -0.388 e. The van der Waals surface area contributed by atoms with Gasteiger partial charge in [-0.1, -0.05) is 24.3 Å². The molecule has 100 valence electrons. The van der Waals surface area contributed by atoms with Gasteiger partial charge in [-0.3, -0.25) is 4.98 Å². The average molecular weight is 265 g/mol. The molecule has 0 fully saturated rings. The summed E-state index contributed by atoms with van der Waals surface area (Å²) >= 11 is 0. The van der Waals surface area contributed by atoms with E-state index in [4.69, 9.17) is 0 Å². The molecule has 0 amide bonds. The van der Waals surface area contributed by atoms with E-state index in [9.17, 15) is 5.11 Å². The largest absolute Gasteiger partial charge is 0.388 e. The van der Waals surface area contributed by atoms with Crippen molar-refractivity contribution >= 4 is 0 Å². The Morgan fingerprint density at radius 1 is 1.05 bits per heavy atom. The summed E-state index contributed by atoms with van der Waals surface area (Å²) in [4.78, 5) is 4.05. The molecule has 0 aliphatic heterocycles. The molecular formula is C16H15N3O. The van der Waals surface area contributed by atoms with Gasteiger partial charge in [-0.2, -0.15) is 5.10 Å². The van der Waals surface area contributed by atoms with E-state index in [1.54, 1.807) is 23.3 Å². The Kier molecular flexibility index (Phi) is 3.56. The van der Waals surface area contributed by atoms with E-state index in [2.05, 4.69) is 10.1 Å². The molecule has 1 atom stereocenters. The molecule has 0 aliphatic rings. The van der Waals surface area contributed by atoms with Gasteiger partial charge < -0.3 is 5.11 Å². The molecule has 0 bridgehead atoms. The van der Waals surface area contributed by atoms with E-state index in [1.807, 2.05) is 48.7 Å². The van der Waals surface area contributed by atoms with E-state index in [0.717, 1.165) is 16.8 Å². The summed E-state index contributed by atoms with van der Waals surface area (Å²) in [5.74, 6) is 0. The Balaban J connectivity index is 1.77. The average Bonchev–Trinajstić information content (AvgIpc) is 2.99. The first kappa shape index (κ1) is 12.6. The molecule has 0 spiro atoms. The summed E-state index contributed by atoms with van der Waals surface area (Å²) in [5, 5.41) is 14.5. The van der Waals surface area contributed by atoms with Crippen LogP contribution in [-0.2, 0) is 6.42 Å². The van der Waals surface area contributed by atoms with Crippen molar-refractivity contribution in [2.75, 3.05) is 0 Å². The fourth-order valence-electron chi connectivity index (χ4n) is 2.09. The van der Waals surface area contributed by atoms with Gasteiger partial charge in [0, 0.05) is 30.6 Å². The molecule has 0 saturated heterocycles. The van der Waals surface area contributed by atoms with Gasteiger partial charge in [0.15, 0.2) is 0 Å². The van der Waals surface area contributed by atoms with Gasteiger partial charge in [0.05, 0.1) is 18.0 Å². The van der Waals surface area contributed by atoms with E-state index >= 15 is 0 Å². The number of aliphatic hydroxyl groups is 1. The maximum Gasteiger partial charge on any atom is 0.0861 e. The van der Waals surface area contributed by atoms with Gasteiger partial charge in [-0.25, -0.2) is 4.68 Å². The maximum atomic E-state index is 10.3. The second-order valence-electron chi connectivity index (χ2n) is 4.63. The third-order valence-electron chi connectivity index (χ3n) is 3.16. The third kappa shape index (κ3) is 2.75. The molecule has 2 heterocycles. The van der Waals surface area contributed by atoms with Crippen LogP contribution in [0.3, 0.4) is 0 Å². The number of rotatable bonds is 4. The van der Waals surface area contributed by atoms with Gasteiger partial charge in [0.2, 0.25) is 0 Å². The van der Waals surface area contributed by atoms with Gasteiger partial charge >= 0.3 is 0 Å². The smallest absolute Gasteiger partial charge is 0.0861 e. The molecule has 4 heteroatoms. The molecule has 2 aromatic heterocycles. The van der Waals surface area contributed by atoms with E-state index in [0.29, 0.717) is 6.42 Å². The fourth-order valence-corrected chi connectivity index (χ4v) is 2.09. The van der Waals surface area contributed by atoms with Gasteiger partial charge in [0.25, 0.3) is 0 Å². The second-order valence-corrected chi connectivity index (χ2v) is 4.63. The number of hydrogen-bond donors (Lipinski definition) is 1. The summed E-state index contributed by atoms with van der Waals surface area (Å²) in [5.41, 5.74) is 2.79. The topological polar surface area (TPSA) is 50.9 Å². The van der Waals surface area contributed by atoms with Crippen LogP contribution in [-0.4, -0.2) is 19.9 Å². The number of aromatic nitrogens is 3. The van der Waals surface area contributed by atoms with Crippen molar-refractivity contribution in [3.63, 3.8) is 0 Å². The van der Waals surface area contributed by atoms with E-state index in [1.165, 1.54) is 0 Å². The lowest BCUT2D eigenvalue weighted by Gasteiger charge is -2.07. The van der Waals surface area contributed by atoms with E-state index < -0.39 is 6.10 Å². The van der Waals surface area contributed by atoms with Crippen LogP contribution < -0.4 is 0 Å². The highest BCUT2D eigenvalue weighted by Crippen LogP contribution is 2.18. The predicted molar refractivity (Wildman–Crippen MR) is 76.5 cm³/mol. The van der Waals surface area contributed by atoms with Crippen molar-refractivity contribution < 1.29 is 5.11 Å². The standard InChI is InChI=1S/C16H15N3O/c20-16(9-13-5-4-8-17-10-13)14-11-18-19(12-14)15-6-2-1-3-7-15/h1-8,10-12,16,20H,9H2. The molecule has 1 unspecified atom stereocenters. The van der Waals surface area contributed by atoms with Crippen molar-refractivity contribution in [1.82, 2.24) is 14.8 Å². The molecule has 3 rings (SSSR count). The summed E-state index contributed by atoms with van der Waals surface area (Å²) in [6, 6.07) is 13.7. The first-order chi connectivity index (χ1) is 9.83. The van der Waals surface area contributed by atoms with Crippen molar-refractivity contribution in [3.8, 4) is 5.69 Å². The summed E-state index contributed by atoms with van der Waals surface area (Å²) in [6.45, 7) is 0. The monoisotopic (exact) mass is 265 g/mol. The van der Waals surface area contributed by atoms with Crippen LogP contribution in [0.4, 0.5) is 0 Å². The zero-order valence-electron chi connectivity index (χ0n) is 10.9. The Morgan fingerprint density at radius 2 is 1.90 bits per heavy atom. The van der Waals surface area contributed by atoms with Crippen molar-refractivity contribution in [3.05, 3.63) is 78.4 Å². The minimum absolute atomic E-state index is 0.536. The normalized spacial score (nSPS) is 12.2. The first-order valence-electron chi connectivity index (χ1n) is 6.50. The highest BCUT2D eigenvalue weighted by atomic mass is 16.3. The van der Waals surface area contributed by atoms with Crippen LogP contribution in [0.5, 0.6) is 0 Å². The Labute approximate surface area is 117 Å². The lowest BCUT2D eigenvalue weighted by molar-refractivity contribution is 0.178. The molecule has 1 N–H and O–H groups in total. The Bertz CT molecular complexity index is 664. The predicted octanol–water partition coefficient (Wildman–Crippen LogP) is 2.54. The van der Waals surface area contributed by atoms with Crippen molar-refractivity contribution in [2.24, 2.45) is 0 Å². The number of pyridine rings is 1. The summed E-state index contributed by atoms with van der Waals surface area (Å²) in [7, 11) is 0. The molecule has 1 aromatic carbocycles. The van der Waals surface area contributed by atoms with Crippen LogP contribution in [0.25, 0.3) is 5.69 Å². The second kappa shape index (κ2) is 5.67. The summed E-state index contributed by atoms with van der Waals surface area (Å²) in [6.07, 6.45) is 7.02. The van der Waals surface area contributed by atoms with Crippen molar-refractivity contribution in [2.45, 2.75) is 12.5 Å². The highest BCUT2D eigenvalue weighted by Gasteiger charge is 2.11.